The highest BCUT2D eigenvalue weighted by Gasteiger charge is 2.35. The van der Waals surface area contributed by atoms with Crippen molar-refractivity contribution in [3.63, 3.8) is 0 Å². The fourth-order valence-corrected chi connectivity index (χ4v) is 6.70. The lowest BCUT2D eigenvalue weighted by Crippen LogP contribution is -2.53. The van der Waals surface area contributed by atoms with Gasteiger partial charge in [-0.2, -0.15) is 0 Å². The molecular weight excluding hydrogens is 582 g/mol. The zero-order valence-electron chi connectivity index (χ0n) is 26.4. The van der Waals surface area contributed by atoms with Crippen LogP contribution in [0.3, 0.4) is 0 Å². The highest BCUT2D eigenvalue weighted by molar-refractivity contribution is 7.92. The van der Waals surface area contributed by atoms with E-state index in [1.807, 2.05) is 86.6 Å². The third-order valence-electron chi connectivity index (χ3n) is 7.83. The fraction of sp³-hybridized carbons (Fsp3) is 0.297. The van der Waals surface area contributed by atoms with Crippen LogP contribution in [0.5, 0.6) is 0 Å². The largest absolute Gasteiger partial charge is 0.354 e. The summed E-state index contributed by atoms with van der Waals surface area (Å²) in [5.41, 5.74) is 3.92. The molecule has 0 aliphatic carbocycles. The van der Waals surface area contributed by atoms with Crippen LogP contribution in [0.4, 0.5) is 5.69 Å². The Bertz CT molecular complexity index is 1640. The van der Waals surface area contributed by atoms with Gasteiger partial charge in [-0.25, -0.2) is 8.42 Å². The first-order valence-corrected chi connectivity index (χ1v) is 17.0. The average Bonchev–Trinajstić information content (AvgIpc) is 3.06. The van der Waals surface area contributed by atoms with Gasteiger partial charge >= 0.3 is 0 Å². The molecule has 0 aliphatic rings. The standard InChI is InChI=1S/C37H43N3O4S/c1-4-6-25-38-37(42)35(26-30-15-9-7-10-16-30)39(27-31-17-11-8-12-18-31)36(41)28-40(34-20-14-13-19-32(34)5-2)45(43,44)33-23-21-29(3)22-24-33/h7-24,35H,4-6,25-28H2,1-3H3,(H,38,42)/t35-/m1/s1. The highest BCUT2D eigenvalue weighted by Crippen LogP contribution is 2.28. The van der Waals surface area contributed by atoms with Gasteiger partial charge in [0.15, 0.2) is 0 Å². The molecule has 7 nitrogen and oxygen atoms in total. The molecule has 1 atom stereocenters. The Kier molecular flexibility index (Phi) is 11.9. The molecule has 2 amide bonds. The van der Waals surface area contributed by atoms with Gasteiger partial charge in [0.25, 0.3) is 10.0 Å². The van der Waals surface area contributed by atoms with Crippen LogP contribution in [0.25, 0.3) is 0 Å². The maximum atomic E-state index is 14.6. The highest BCUT2D eigenvalue weighted by atomic mass is 32.2. The number of para-hydroxylation sites is 1. The SMILES string of the molecule is CCCCNC(=O)[C@@H](Cc1ccccc1)N(Cc1ccccc1)C(=O)CN(c1ccccc1CC)S(=O)(=O)c1ccc(C)cc1. The van der Waals surface area contributed by atoms with Crippen LogP contribution in [0.1, 0.15) is 48.9 Å². The summed E-state index contributed by atoms with van der Waals surface area (Å²) >= 11 is 0. The first-order valence-electron chi connectivity index (χ1n) is 15.6. The molecule has 0 aromatic heterocycles. The number of hydrogen-bond donors (Lipinski definition) is 1. The van der Waals surface area contributed by atoms with Crippen molar-refractivity contribution in [2.75, 3.05) is 17.4 Å². The van der Waals surface area contributed by atoms with E-state index in [1.165, 1.54) is 9.21 Å². The molecular formula is C37H43N3O4S. The van der Waals surface area contributed by atoms with Gasteiger partial charge in [-0.1, -0.05) is 117 Å². The first-order chi connectivity index (χ1) is 21.7. The van der Waals surface area contributed by atoms with Crippen molar-refractivity contribution >= 4 is 27.5 Å². The van der Waals surface area contributed by atoms with Crippen molar-refractivity contribution in [2.24, 2.45) is 0 Å². The maximum Gasteiger partial charge on any atom is 0.264 e. The van der Waals surface area contributed by atoms with E-state index >= 15 is 0 Å². The van der Waals surface area contributed by atoms with Crippen LogP contribution in [0, 0.1) is 6.92 Å². The van der Waals surface area contributed by atoms with Gasteiger partial charge in [-0.15, -0.1) is 0 Å². The van der Waals surface area contributed by atoms with Crippen LogP contribution in [0.2, 0.25) is 0 Å². The number of carbonyl (C=O) groups excluding carboxylic acids is 2. The number of nitrogens with zero attached hydrogens (tertiary/aromatic N) is 2. The Balaban J connectivity index is 1.80. The van der Waals surface area contributed by atoms with Crippen molar-refractivity contribution in [3.05, 3.63) is 131 Å². The molecule has 4 rings (SSSR count). The van der Waals surface area contributed by atoms with Gasteiger partial charge < -0.3 is 10.2 Å². The third kappa shape index (κ3) is 8.82. The summed E-state index contributed by atoms with van der Waals surface area (Å²) in [7, 11) is -4.14. The number of benzene rings is 4. The summed E-state index contributed by atoms with van der Waals surface area (Å²) < 4.78 is 29.7. The third-order valence-corrected chi connectivity index (χ3v) is 9.60. The Labute approximate surface area is 268 Å². The maximum absolute atomic E-state index is 14.6. The molecule has 0 heterocycles. The second kappa shape index (κ2) is 16.0. The van der Waals surface area contributed by atoms with E-state index in [-0.39, 0.29) is 23.8 Å². The molecule has 0 fully saturated rings. The molecule has 0 saturated heterocycles. The number of anilines is 1. The number of sulfonamides is 1. The second-order valence-electron chi connectivity index (χ2n) is 11.2. The summed E-state index contributed by atoms with van der Waals surface area (Å²) in [5, 5.41) is 3.02. The quantitative estimate of drug-likeness (QED) is 0.157. The minimum absolute atomic E-state index is 0.0968. The summed E-state index contributed by atoms with van der Waals surface area (Å²) in [6.45, 7) is 6.07. The molecule has 4 aromatic rings. The van der Waals surface area contributed by atoms with E-state index in [0.717, 1.165) is 35.1 Å². The van der Waals surface area contributed by atoms with Gasteiger partial charge in [0.2, 0.25) is 11.8 Å². The van der Waals surface area contributed by atoms with Gasteiger partial charge in [0, 0.05) is 19.5 Å². The van der Waals surface area contributed by atoms with Crippen molar-refractivity contribution in [1.29, 1.82) is 0 Å². The van der Waals surface area contributed by atoms with Crippen molar-refractivity contribution < 1.29 is 18.0 Å². The zero-order valence-corrected chi connectivity index (χ0v) is 27.2. The first kappa shape index (κ1) is 33.5. The van der Waals surface area contributed by atoms with Crippen molar-refractivity contribution in [2.45, 2.75) is 63.9 Å². The van der Waals surface area contributed by atoms with Crippen molar-refractivity contribution in [1.82, 2.24) is 10.2 Å². The van der Waals surface area contributed by atoms with Gasteiger partial charge in [0.1, 0.15) is 12.6 Å². The monoisotopic (exact) mass is 625 g/mol. The summed E-state index contributed by atoms with van der Waals surface area (Å²) in [5.74, 6) is -0.731. The van der Waals surface area contributed by atoms with E-state index in [1.54, 1.807) is 36.4 Å². The van der Waals surface area contributed by atoms with E-state index < -0.39 is 28.5 Å². The molecule has 0 bridgehead atoms. The predicted octanol–water partition coefficient (Wildman–Crippen LogP) is 6.31. The van der Waals surface area contributed by atoms with Gasteiger partial charge in [-0.05, 0) is 54.7 Å². The lowest BCUT2D eigenvalue weighted by atomic mass is 10.0. The van der Waals surface area contributed by atoms with Crippen molar-refractivity contribution in [3.8, 4) is 0 Å². The van der Waals surface area contributed by atoms with E-state index in [0.29, 0.717) is 18.7 Å². The molecule has 0 spiro atoms. The van der Waals surface area contributed by atoms with Gasteiger partial charge in [0.05, 0.1) is 10.6 Å². The molecule has 236 valence electrons. The summed E-state index contributed by atoms with van der Waals surface area (Å²) in [4.78, 5) is 30.0. The topological polar surface area (TPSA) is 86.8 Å². The molecule has 8 heteroatoms. The van der Waals surface area contributed by atoms with Crippen LogP contribution >= 0.6 is 0 Å². The number of unbranched alkanes of at least 4 members (excludes halogenated alkanes) is 1. The van der Waals surface area contributed by atoms with Gasteiger partial charge in [-0.3, -0.25) is 13.9 Å². The molecule has 0 saturated carbocycles. The molecule has 45 heavy (non-hydrogen) atoms. The smallest absolute Gasteiger partial charge is 0.264 e. The number of nitrogens with one attached hydrogen (secondary N) is 1. The van der Waals surface area contributed by atoms with Crippen LogP contribution < -0.4 is 9.62 Å². The predicted molar refractivity (Wildman–Crippen MR) is 180 cm³/mol. The summed E-state index contributed by atoms with van der Waals surface area (Å²) in [6.07, 6.45) is 2.59. The Hall–Kier alpha value is -4.43. The van der Waals surface area contributed by atoms with Crippen LogP contribution in [-0.2, 0) is 39.0 Å². The molecule has 4 aromatic carbocycles. The fourth-order valence-electron chi connectivity index (χ4n) is 5.24. The van der Waals surface area contributed by atoms with Crippen LogP contribution in [0.15, 0.2) is 114 Å². The number of rotatable bonds is 15. The Morgan fingerprint density at radius 1 is 0.778 bits per heavy atom. The second-order valence-corrected chi connectivity index (χ2v) is 13.0. The van der Waals surface area contributed by atoms with Crippen LogP contribution in [-0.4, -0.2) is 44.3 Å². The van der Waals surface area contributed by atoms with E-state index in [4.69, 9.17) is 0 Å². The average molecular weight is 626 g/mol. The molecule has 0 unspecified atom stereocenters. The lowest BCUT2D eigenvalue weighted by Gasteiger charge is -2.34. The Morgan fingerprint density at radius 3 is 2.00 bits per heavy atom. The molecule has 1 N–H and O–H groups in total. The Morgan fingerprint density at radius 2 is 1.38 bits per heavy atom. The normalized spacial score (nSPS) is 11.9. The molecule has 0 aliphatic heterocycles. The van der Waals surface area contributed by atoms with E-state index in [9.17, 15) is 18.0 Å². The number of amides is 2. The minimum Gasteiger partial charge on any atom is -0.354 e. The zero-order chi connectivity index (χ0) is 32.2. The number of hydrogen-bond acceptors (Lipinski definition) is 4. The van der Waals surface area contributed by atoms with E-state index in [2.05, 4.69) is 12.2 Å². The number of carbonyl (C=O) groups is 2. The number of aryl methyl sites for hydroxylation is 2. The molecule has 0 radical (unpaired) electrons. The summed E-state index contributed by atoms with van der Waals surface area (Å²) in [6, 6.07) is 32.1. The lowest BCUT2D eigenvalue weighted by molar-refractivity contribution is -0.140. The minimum atomic E-state index is -4.14.